The second kappa shape index (κ2) is 7.60. The van der Waals surface area contributed by atoms with E-state index in [4.69, 9.17) is 5.11 Å². The van der Waals surface area contributed by atoms with Crippen LogP contribution < -0.4 is 5.32 Å². The van der Waals surface area contributed by atoms with Crippen LogP contribution in [0.2, 0.25) is 0 Å². The predicted octanol–water partition coefficient (Wildman–Crippen LogP) is 2.26. The van der Waals surface area contributed by atoms with E-state index in [2.05, 4.69) is 17.2 Å². The highest BCUT2D eigenvalue weighted by Crippen LogP contribution is 2.11. The maximum atomic E-state index is 12.2. The monoisotopic (exact) mass is 259 g/mol. The average molecular weight is 259 g/mol. The first kappa shape index (κ1) is 15.3. The van der Waals surface area contributed by atoms with Crippen molar-refractivity contribution in [3.63, 3.8) is 0 Å². The van der Waals surface area contributed by atoms with Crippen molar-refractivity contribution >= 4 is 5.91 Å². The van der Waals surface area contributed by atoms with Crippen LogP contribution in [0.5, 0.6) is 0 Å². The number of benzene rings is 1. The summed E-state index contributed by atoms with van der Waals surface area (Å²) < 4.78 is 0. The Morgan fingerprint density at radius 1 is 1.47 bits per heavy atom. The number of aryl methyl sites for hydroxylation is 1. The number of aliphatic hydroxyl groups excluding tert-OH is 1. The van der Waals surface area contributed by atoms with Gasteiger partial charge in [0.1, 0.15) is 0 Å². The Bertz CT molecular complexity index is 497. The van der Waals surface area contributed by atoms with Crippen LogP contribution in [0, 0.1) is 18.8 Å². The summed E-state index contributed by atoms with van der Waals surface area (Å²) >= 11 is 0. The largest absolute Gasteiger partial charge is 0.395 e. The molecule has 1 rings (SSSR count). The van der Waals surface area contributed by atoms with Gasteiger partial charge in [-0.2, -0.15) is 0 Å². The Kier molecular flexibility index (Phi) is 6.11. The number of hydrogen-bond acceptors (Lipinski definition) is 2. The fraction of sp³-hybridized carbons (Fsp3) is 0.438. The van der Waals surface area contributed by atoms with Crippen LogP contribution in [0.25, 0.3) is 0 Å². The molecule has 102 valence electrons. The molecule has 0 spiro atoms. The molecule has 0 aromatic heterocycles. The molecule has 0 saturated heterocycles. The first-order valence-electron chi connectivity index (χ1n) is 6.59. The van der Waals surface area contributed by atoms with Gasteiger partial charge in [0.05, 0.1) is 12.2 Å². The molecular formula is C16H21NO2. The number of hydrogen-bond donors (Lipinski definition) is 2. The third-order valence-electron chi connectivity index (χ3n) is 2.87. The molecular weight excluding hydrogens is 238 g/mol. The molecule has 1 amide bonds. The summed E-state index contributed by atoms with van der Waals surface area (Å²) in [6, 6.07) is 5.78. The van der Waals surface area contributed by atoms with Crippen molar-refractivity contribution in [3.05, 3.63) is 34.9 Å². The van der Waals surface area contributed by atoms with E-state index in [1.54, 1.807) is 0 Å². The third kappa shape index (κ3) is 4.76. The summed E-state index contributed by atoms with van der Waals surface area (Å²) in [6.45, 7) is 5.99. The van der Waals surface area contributed by atoms with Gasteiger partial charge >= 0.3 is 0 Å². The Hall–Kier alpha value is -1.79. The van der Waals surface area contributed by atoms with Crippen molar-refractivity contribution in [1.82, 2.24) is 5.32 Å². The van der Waals surface area contributed by atoms with Crippen molar-refractivity contribution in [2.24, 2.45) is 0 Å². The molecule has 2 N–H and O–H groups in total. The summed E-state index contributed by atoms with van der Waals surface area (Å²) in [5, 5.41) is 11.7. The van der Waals surface area contributed by atoms with Crippen molar-refractivity contribution < 1.29 is 9.90 Å². The molecule has 3 nitrogen and oxygen atoms in total. The van der Waals surface area contributed by atoms with Crippen LogP contribution in [-0.2, 0) is 0 Å². The van der Waals surface area contributed by atoms with Crippen molar-refractivity contribution in [1.29, 1.82) is 0 Å². The van der Waals surface area contributed by atoms with Gasteiger partial charge in [-0.25, -0.2) is 0 Å². The molecule has 0 fully saturated rings. The molecule has 3 heteroatoms. The summed E-state index contributed by atoms with van der Waals surface area (Å²) in [7, 11) is 0. The van der Waals surface area contributed by atoms with Crippen molar-refractivity contribution in [2.75, 3.05) is 6.61 Å². The lowest BCUT2D eigenvalue weighted by molar-refractivity contribution is 0.0939. The van der Waals surface area contributed by atoms with Gasteiger partial charge in [-0.3, -0.25) is 4.79 Å². The van der Waals surface area contributed by atoms with Gasteiger partial charge in [-0.1, -0.05) is 30.4 Å². The van der Waals surface area contributed by atoms with Crippen LogP contribution in [0.15, 0.2) is 18.2 Å². The molecule has 0 aliphatic heterocycles. The number of carbonyl (C=O) groups is 1. The molecule has 0 heterocycles. The second-order valence-electron chi connectivity index (χ2n) is 4.61. The van der Waals surface area contributed by atoms with E-state index in [0.717, 1.165) is 12.0 Å². The molecule has 1 aromatic rings. The lowest BCUT2D eigenvalue weighted by Crippen LogP contribution is -2.32. The highest BCUT2D eigenvalue weighted by molar-refractivity contribution is 5.97. The van der Waals surface area contributed by atoms with E-state index >= 15 is 0 Å². The van der Waals surface area contributed by atoms with Crippen LogP contribution in [0.1, 0.15) is 48.2 Å². The fourth-order valence-electron chi connectivity index (χ4n) is 1.57. The third-order valence-corrected chi connectivity index (χ3v) is 2.87. The smallest absolute Gasteiger partial charge is 0.252 e. The minimum atomic E-state index is -0.0913. The molecule has 0 saturated carbocycles. The van der Waals surface area contributed by atoms with Gasteiger partial charge in [-0.05, 0) is 32.4 Å². The van der Waals surface area contributed by atoms with Gasteiger partial charge < -0.3 is 10.4 Å². The van der Waals surface area contributed by atoms with Crippen LogP contribution in [0.4, 0.5) is 0 Å². The van der Waals surface area contributed by atoms with Crippen molar-refractivity contribution in [2.45, 2.75) is 39.7 Å². The molecule has 0 aliphatic rings. The highest BCUT2D eigenvalue weighted by Gasteiger charge is 2.12. The zero-order valence-corrected chi connectivity index (χ0v) is 11.8. The Balaban J connectivity index is 3.01. The quantitative estimate of drug-likeness (QED) is 0.815. The molecule has 0 bridgehead atoms. The minimum absolute atomic E-state index is 0.0350. The standard InChI is InChI=1S/C16H21NO2/c1-4-13(3)17-16(19)15-11-12(2)8-9-14(15)7-5-6-10-18/h8-9,11,13,18H,4,6,10H2,1-3H3,(H,17,19). The van der Waals surface area contributed by atoms with Gasteiger partial charge in [0.25, 0.3) is 5.91 Å². The minimum Gasteiger partial charge on any atom is -0.395 e. The lowest BCUT2D eigenvalue weighted by atomic mass is 10.0. The summed E-state index contributed by atoms with van der Waals surface area (Å²) in [6.07, 6.45) is 1.31. The van der Waals surface area contributed by atoms with E-state index in [1.807, 2.05) is 39.0 Å². The topological polar surface area (TPSA) is 49.3 Å². The van der Waals surface area contributed by atoms with Crippen molar-refractivity contribution in [3.8, 4) is 11.8 Å². The second-order valence-corrected chi connectivity index (χ2v) is 4.61. The normalized spacial score (nSPS) is 11.4. The molecule has 0 aliphatic carbocycles. The van der Waals surface area contributed by atoms with E-state index in [-0.39, 0.29) is 18.6 Å². The van der Waals surface area contributed by atoms with Gasteiger partial charge in [-0.15, -0.1) is 0 Å². The maximum Gasteiger partial charge on any atom is 0.252 e. The number of aliphatic hydroxyl groups is 1. The maximum absolute atomic E-state index is 12.2. The number of carbonyl (C=O) groups excluding carboxylic acids is 1. The van der Waals surface area contributed by atoms with E-state index < -0.39 is 0 Å². The average Bonchev–Trinajstić information content (AvgIpc) is 2.40. The SMILES string of the molecule is CCC(C)NC(=O)c1cc(C)ccc1C#CCCO. The van der Waals surface area contributed by atoms with Gasteiger partial charge in [0.15, 0.2) is 0 Å². The highest BCUT2D eigenvalue weighted by atomic mass is 16.2. The molecule has 1 unspecified atom stereocenters. The zero-order chi connectivity index (χ0) is 14.3. The molecule has 1 atom stereocenters. The summed E-state index contributed by atoms with van der Waals surface area (Å²) in [4.78, 5) is 12.2. The van der Waals surface area contributed by atoms with E-state index in [1.165, 1.54) is 0 Å². The van der Waals surface area contributed by atoms with E-state index in [9.17, 15) is 4.79 Å². The van der Waals surface area contributed by atoms with Crippen LogP contribution >= 0.6 is 0 Å². The number of rotatable bonds is 4. The lowest BCUT2D eigenvalue weighted by Gasteiger charge is -2.12. The number of nitrogens with one attached hydrogen (secondary N) is 1. The molecule has 0 radical (unpaired) electrons. The number of amides is 1. The zero-order valence-electron chi connectivity index (χ0n) is 11.8. The van der Waals surface area contributed by atoms with E-state index in [0.29, 0.717) is 17.5 Å². The van der Waals surface area contributed by atoms with Gasteiger partial charge in [0, 0.05) is 18.0 Å². The Morgan fingerprint density at radius 3 is 2.84 bits per heavy atom. The van der Waals surface area contributed by atoms with Gasteiger partial charge in [0.2, 0.25) is 0 Å². The summed E-state index contributed by atoms with van der Waals surface area (Å²) in [5.74, 6) is 5.70. The summed E-state index contributed by atoms with van der Waals surface area (Å²) in [5.41, 5.74) is 2.34. The van der Waals surface area contributed by atoms with Crippen LogP contribution in [0.3, 0.4) is 0 Å². The first-order chi connectivity index (χ1) is 9.08. The predicted molar refractivity (Wildman–Crippen MR) is 77.0 cm³/mol. The Labute approximate surface area is 115 Å². The fourth-order valence-corrected chi connectivity index (χ4v) is 1.57. The van der Waals surface area contributed by atoms with Crippen LogP contribution in [-0.4, -0.2) is 23.7 Å². The molecule has 19 heavy (non-hydrogen) atoms. The Morgan fingerprint density at radius 2 is 2.21 bits per heavy atom. The first-order valence-corrected chi connectivity index (χ1v) is 6.59. The molecule has 1 aromatic carbocycles.